The Morgan fingerprint density at radius 1 is 1.00 bits per heavy atom. The standard InChI is InChI=1S/C17H17N/c1-12-8-9-17-16(10-12)15(11-13(2)18-17)14-6-4-3-5-7-14/h3-10,15H,11H2,1-2H3. The van der Waals surface area contributed by atoms with Gasteiger partial charge in [0.25, 0.3) is 0 Å². The molecule has 1 atom stereocenters. The van der Waals surface area contributed by atoms with Gasteiger partial charge >= 0.3 is 0 Å². The maximum atomic E-state index is 4.68. The normalized spacial score (nSPS) is 18.1. The van der Waals surface area contributed by atoms with E-state index >= 15 is 0 Å². The quantitative estimate of drug-likeness (QED) is 0.683. The molecule has 0 N–H and O–H groups in total. The van der Waals surface area contributed by atoms with Crippen LogP contribution in [-0.2, 0) is 0 Å². The molecule has 90 valence electrons. The first kappa shape index (κ1) is 11.2. The summed E-state index contributed by atoms with van der Waals surface area (Å²) < 4.78 is 0. The minimum absolute atomic E-state index is 0.457. The zero-order valence-corrected chi connectivity index (χ0v) is 10.9. The molecule has 1 unspecified atom stereocenters. The van der Waals surface area contributed by atoms with Gasteiger partial charge in [-0.05, 0) is 37.5 Å². The Labute approximate surface area is 108 Å². The third kappa shape index (κ3) is 1.97. The van der Waals surface area contributed by atoms with Gasteiger partial charge in [0.15, 0.2) is 0 Å². The van der Waals surface area contributed by atoms with Crippen LogP contribution in [0.2, 0.25) is 0 Å². The topological polar surface area (TPSA) is 12.4 Å². The number of benzene rings is 2. The van der Waals surface area contributed by atoms with E-state index in [9.17, 15) is 0 Å². The average Bonchev–Trinajstić information content (AvgIpc) is 2.39. The van der Waals surface area contributed by atoms with Crippen LogP contribution >= 0.6 is 0 Å². The first-order valence-electron chi connectivity index (χ1n) is 6.44. The minimum atomic E-state index is 0.457. The zero-order valence-electron chi connectivity index (χ0n) is 10.9. The zero-order chi connectivity index (χ0) is 12.5. The van der Waals surface area contributed by atoms with Crippen molar-refractivity contribution in [1.82, 2.24) is 0 Å². The molecule has 1 heterocycles. The molecule has 1 nitrogen and oxygen atoms in total. The van der Waals surface area contributed by atoms with Crippen LogP contribution in [0.4, 0.5) is 5.69 Å². The number of fused-ring (bicyclic) bond motifs is 1. The summed E-state index contributed by atoms with van der Waals surface area (Å²) in [5.74, 6) is 0.457. The van der Waals surface area contributed by atoms with E-state index in [-0.39, 0.29) is 0 Å². The van der Waals surface area contributed by atoms with Gasteiger partial charge in [0, 0.05) is 11.6 Å². The third-order valence-electron chi connectivity index (χ3n) is 3.57. The Kier molecular flexibility index (Phi) is 2.75. The highest BCUT2D eigenvalue weighted by molar-refractivity contribution is 5.88. The smallest absolute Gasteiger partial charge is 0.0667 e. The van der Waals surface area contributed by atoms with Crippen LogP contribution in [0.25, 0.3) is 0 Å². The molecule has 0 aromatic heterocycles. The molecule has 0 saturated heterocycles. The Morgan fingerprint density at radius 3 is 2.56 bits per heavy atom. The second-order valence-electron chi connectivity index (χ2n) is 5.08. The monoisotopic (exact) mass is 235 g/mol. The minimum Gasteiger partial charge on any atom is -0.258 e. The van der Waals surface area contributed by atoms with Gasteiger partial charge in [0.05, 0.1) is 5.69 Å². The van der Waals surface area contributed by atoms with Crippen LogP contribution in [0, 0.1) is 6.92 Å². The lowest BCUT2D eigenvalue weighted by Gasteiger charge is -2.24. The van der Waals surface area contributed by atoms with Gasteiger partial charge in [-0.1, -0.05) is 48.0 Å². The molecule has 0 amide bonds. The highest BCUT2D eigenvalue weighted by Gasteiger charge is 2.22. The van der Waals surface area contributed by atoms with Crippen molar-refractivity contribution in [3.05, 3.63) is 65.2 Å². The van der Waals surface area contributed by atoms with E-state index in [1.54, 1.807) is 0 Å². The van der Waals surface area contributed by atoms with Gasteiger partial charge < -0.3 is 0 Å². The van der Waals surface area contributed by atoms with Crippen molar-refractivity contribution in [2.24, 2.45) is 4.99 Å². The highest BCUT2D eigenvalue weighted by Crippen LogP contribution is 2.39. The maximum absolute atomic E-state index is 4.68. The molecule has 0 fully saturated rings. The summed E-state index contributed by atoms with van der Waals surface area (Å²) in [5.41, 5.74) is 6.42. The number of rotatable bonds is 1. The van der Waals surface area contributed by atoms with E-state index in [1.165, 1.54) is 22.4 Å². The van der Waals surface area contributed by atoms with Gasteiger partial charge in [-0.3, -0.25) is 4.99 Å². The molecule has 0 radical (unpaired) electrons. The fourth-order valence-electron chi connectivity index (χ4n) is 2.69. The summed E-state index contributed by atoms with van der Waals surface area (Å²) in [6, 6.07) is 17.3. The molecule has 0 saturated carbocycles. The predicted molar refractivity (Wildman–Crippen MR) is 76.9 cm³/mol. The van der Waals surface area contributed by atoms with Crippen LogP contribution in [0.5, 0.6) is 0 Å². The Morgan fingerprint density at radius 2 is 1.78 bits per heavy atom. The predicted octanol–water partition coefficient (Wildman–Crippen LogP) is 4.62. The lowest BCUT2D eigenvalue weighted by atomic mass is 9.83. The van der Waals surface area contributed by atoms with Crippen LogP contribution in [0.3, 0.4) is 0 Å². The van der Waals surface area contributed by atoms with Crippen molar-refractivity contribution in [1.29, 1.82) is 0 Å². The van der Waals surface area contributed by atoms with Gasteiger partial charge in [0.2, 0.25) is 0 Å². The third-order valence-corrected chi connectivity index (χ3v) is 3.57. The second-order valence-corrected chi connectivity index (χ2v) is 5.08. The lowest BCUT2D eigenvalue weighted by Crippen LogP contribution is -2.11. The van der Waals surface area contributed by atoms with Crippen LogP contribution in [-0.4, -0.2) is 5.71 Å². The molecule has 3 rings (SSSR count). The number of aryl methyl sites for hydroxylation is 1. The van der Waals surface area contributed by atoms with E-state index in [0.29, 0.717) is 5.92 Å². The highest BCUT2D eigenvalue weighted by atomic mass is 14.8. The largest absolute Gasteiger partial charge is 0.258 e. The van der Waals surface area contributed by atoms with Crippen molar-refractivity contribution in [2.45, 2.75) is 26.2 Å². The summed E-state index contributed by atoms with van der Waals surface area (Å²) in [5, 5.41) is 0. The maximum Gasteiger partial charge on any atom is 0.0667 e. The molecule has 0 spiro atoms. The molecular formula is C17H17N. The number of nitrogens with zero attached hydrogens (tertiary/aromatic N) is 1. The van der Waals surface area contributed by atoms with E-state index in [1.807, 2.05) is 0 Å². The van der Waals surface area contributed by atoms with E-state index in [0.717, 1.165) is 12.1 Å². The van der Waals surface area contributed by atoms with Crippen LogP contribution in [0.15, 0.2) is 53.5 Å². The van der Waals surface area contributed by atoms with Gasteiger partial charge in [-0.2, -0.15) is 0 Å². The lowest BCUT2D eigenvalue weighted by molar-refractivity contribution is 0.835. The van der Waals surface area contributed by atoms with E-state index in [2.05, 4.69) is 67.4 Å². The van der Waals surface area contributed by atoms with Crippen molar-refractivity contribution in [3.63, 3.8) is 0 Å². The van der Waals surface area contributed by atoms with Crippen molar-refractivity contribution in [3.8, 4) is 0 Å². The molecule has 2 aromatic rings. The molecule has 1 aliphatic heterocycles. The fraction of sp³-hybridized carbons (Fsp3) is 0.235. The molecule has 18 heavy (non-hydrogen) atoms. The van der Waals surface area contributed by atoms with Crippen molar-refractivity contribution >= 4 is 11.4 Å². The molecule has 0 aliphatic carbocycles. The summed E-state index contributed by atoms with van der Waals surface area (Å²) in [4.78, 5) is 4.68. The van der Waals surface area contributed by atoms with E-state index in [4.69, 9.17) is 0 Å². The number of aliphatic imine (C=N–C) groups is 1. The SMILES string of the molecule is CC1=Nc2ccc(C)cc2C(c2ccccc2)C1. The van der Waals surface area contributed by atoms with Crippen molar-refractivity contribution in [2.75, 3.05) is 0 Å². The van der Waals surface area contributed by atoms with Gasteiger partial charge in [-0.15, -0.1) is 0 Å². The fourth-order valence-corrected chi connectivity index (χ4v) is 2.69. The van der Waals surface area contributed by atoms with Crippen LogP contribution in [0.1, 0.15) is 36.0 Å². The summed E-state index contributed by atoms with van der Waals surface area (Å²) >= 11 is 0. The van der Waals surface area contributed by atoms with E-state index < -0.39 is 0 Å². The Hall–Kier alpha value is -1.89. The first-order valence-corrected chi connectivity index (χ1v) is 6.44. The average molecular weight is 235 g/mol. The number of hydrogen-bond acceptors (Lipinski definition) is 1. The second kappa shape index (κ2) is 4.41. The van der Waals surface area contributed by atoms with Crippen LogP contribution < -0.4 is 0 Å². The molecule has 1 heteroatoms. The molecular weight excluding hydrogens is 218 g/mol. The first-order chi connectivity index (χ1) is 8.74. The number of hydrogen-bond donors (Lipinski definition) is 0. The summed E-state index contributed by atoms with van der Waals surface area (Å²) in [6.07, 6.45) is 1.03. The van der Waals surface area contributed by atoms with Crippen molar-refractivity contribution < 1.29 is 0 Å². The Balaban J connectivity index is 2.14. The Bertz CT molecular complexity index is 596. The summed E-state index contributed by atoms with van der Waals surface area (Å²) in [6.45, 7) is 4.27. The van der Waals surface area contributed by atoms with Gasteiger partial charge in [0.1, 0.15) is 0 Å². The molecule has 2 aromatic carbocycles. The van der Waals surface area contributed by atoms with Gasteiger partial charge in [-0.25, -0.2) is 0 Å². The molecule has 0 bridgehead atoms. The molecule has 1 aliphatic rings. The summed E-state index contributed by atoms with van der Waals surface area (Å²) in [7, 11) is 0.